The lowest BCUT2D eigenvalue weighted by atomic mass is 11.8. The van der Waals surface area contributed by atoms with Crippen LogP contribution in [0.1, 0.15) is 0 Å². The van der Waals surface area contributed by atoms with Crippen LogP contribution in [0.25, 0.3) is 0 Å². The van der Waals surface area contributed by atoms with Gasteiger partial charge in [-0.25, -0.2) is 0 Å². The molecule has 54 valence electrons. The van der Waals surface area contributed by atoms with E-state index in [-0.39, 0.29) is 18.2 Å². The first kappa shape index (κ1) is 11.5. The first-order chi connectivity index (χ1) is 3.56. The van der Waals surface area contributed by atoms with Crippen LogP contribution in [0, 0.1) is 10.7 Å². The van der Waals surface area contributed by atoms with Gasteiger partial charge in [0.05, 0.1) is 0 Å². The lowest BCUT2D eigenvalue weighted by Gasteiger charge is -1.84. The van der Waals surface area contributed by atoms with Gasteiger partial charge in [0.15, 0.2) is 5.40 Å². The van der Waals surface area contributed by atoms with Crippen LogP contribution in [-0.4, -0.2) is 13.0 Å². The van der Waals surface area contributed by atoms with E-state index in [0.717, 1.165) is 0 Å². The first-order valence-corrected chi connectivity index (χ1v) is 3.38. The molecular formula is CH4N2O4S2. The van der Waals surface area contributed by atoms with Crippen molar-refractivity contribution < 1.29 is 16.6 Å². The van der Waals surface area contributed by atoms with Crippen molar-refractivity contribution in [1.82, 2.24) is 6.15 Å². The molecule has 0 bridgehead atoms. The Balaban J connectivity index is 0. The predicted molar refractivity (Wildman–Crippen MR) is 30.9 cm³/mol. The van der Waals surface area contributed by atoms with Gasteiger partial charge in [-0.05, 0) is 0 Å². The summed E-state index contributed by atoms with van der Waals surface area (Å²) in [6.07, 6.45) is 0. The van der Waals surface area contributed by atoms with Gasteiger partial charge in [0, 0.05) is 0 Å². The molecule has 0 rings (SSSR count). The van der Waals surface area contributed by atoms with E-state index in [2.05, 4.69) is 3.63 Å². The maximum atomic E-state index is 9.55. The van der Waals surface area contributed by atoms with Crippen LogP contribution in [0.15, 0.2) is 0 Å². The highest BCUT2D eigenvalue weighted by Crippen LogP contribution is 2.02. The average molecular weight is 172 g/mol. The molecular weight excluding hydrogens is 168 g/mol. The second-order valence-electron chi connectivity index (χ2n) is 0.670. The van der Waals surface area contributed by atoms with Crippen molar-refractivity contribution in [2.45, 2.75) is 0 Å². The van der Waals surface area contributed by atoms with Crippen LogP contribution in [-0.2, 0) is 14.0 Å². The SMILES string of the molecule is N.N#CSOS(=O)(=O)O. The van der Waals surface area contributed by atoms with E-state index in [0.29, 0.717) is 0 Å². The summed E-state index contributed by atoms with van der Waals surface area (Å²) in [5.74, 6) is 0. The molecule has 6 nitrogen and oxygen atoms in total. The third kappa shape index (κ3) is 11.3. The van der Waals surface area contributed by atoms with Crippen LogP contribution in [0.2, 0.25) is 0 Å². The molecule has 0 heterocycles. The van der Waals surface area contributed by atoms with Gasteiger partial charge >= 0.3 is 10.4 Å². The van der Waals surface area contributed by atoms with Crippen LogP contribution in [0.3, 0.4) is 0 Å². The number of thiocyanates is 1. The third-order valence-corrected chi connectivity index (χ3v) is 1.19. The van der Waals surface area contributed by atoms with Crippen molar-refractivity contribution in [3.05, 3.63) is 0 Å². The Hall–Kier alpha value is -0.330. The summed E-state index contributed by atoms with van der Waals surface area (Å²) in [7, 11) is -4.45. The van der Waals surface area contributed by atoms with E-state index in [1.165, 1.54) is 5.40 Å². The molecule has 8 heteroatoms. The lowest BCUT2D eigenvalue weighted by molar-refractivity contribution is 0.409. The van der Waals surface area contributed by atoms with Gasteiger partial charge in [0.2, 0.25) is 0 Å². The fraction of sp³-hybridized carbons (Fsp3) is 0. The molecule has 0 aromatic heterocycles. The number of nitrogens with zero attached hydrogens (tertiary/aromatic N) is 1. The standard InChI is InChI=1S/CHNO4S2.H3N/c2-1-7-6-8(3,4)5;/h(H,3,4,5);1H3. The van der Waals surface area contributed by atoms with E-state index in [1.807, 2.05) is 0 Å². The molecule has 0 amide bonds. The van der Waals surface area contributed by atoms with Crippen molar-refractivity contribution in [2.24, 2.45) is 0 Å². The summed E-state index contributed by atoms with van der Waals surface area (Å²) < 4.78 is 30.3. The molecule has 0 spiro atoms. The largest absolute Gasteiger partial charge is 0.409 e. The molecule has 0 atom stereocenters. The van der Waals surface area contributed by atoms with Gasteiger partial charge in [0.25, 0.3) is 0 Å². The minimum absolute atomic E-state index is 0. The predicted octanol–water partition coefficient (Wildman–Crippen LogP) is 0.0971. The maximum absolute atomic E-state index is 9.55. The Bertz CT molecular complexity index is 189. The molecule has 9 heavy (non-hydrogen) atoms. The van der Waals surface area contributed by atoms with Gasteiger partial charge in [-0.1, -0.05) is 0 Å². The van der Waals surface area contributed by atoms with Crippen molar-refractivity contribution >= 4 is 22.4 Å². The highest BCUT2D eigenvalue weighted by molar-refractivity contribution is 8.06. The maximum Gasteiger partial charge on any atom is 0.409 e. The normalized spacial score (nSPS) is 9.33. The van der Waals surface area contributed by atoms with Crippen molar-refractivity contribution in [2.75, 3.05) is 0 Å². The topological polar surface area (TPSA) is 122 Å². The van der Waals surface area contributed by atoms with Crippen molar-refractivity contribution in [3.63, 3.8) is 0 Å². The summed E-state index contributed by atoms with van der Waals surface area (Å²) in [5.41, 5.74) is 0. The zero-order valence-corrected chi connectivity index (χ0v) is 5.78. The summed E-state index contributed by atoms with van der Waals surface area (Å²) in [4.78, 5) is 0. The van der Waals surface area contributed by atoms with E-state index >= 15 is 0 Å². The van der Waals surface area contributed by atoms with Gasteiger partial charge in [0.1, 0.15) is 12.0 Å². The Kier molecular flexibility index (Phi) is 5.78. The summed E-state index contributed by atoms with van der Waals surface area (Å²) in [6.45, 7) is 0. The minimum Gasteiger partial charge on any atom is -0.344 e. The van der Waals surface area contributed by atoms with Crippen LogP contribution in [0.4, 0.5) is 0 Å². The Morgan fingerprint density at radius 2 is 2.11 bits per heavy atom. The van der Waals surface area contributed by atoms with Crippen LogP contribution >= 0.6 is 12.0 Å². The zero-order chi connectivity index (χ0) is 6.62. The summed E-state index contributed by atoms with van der Waals surface area (Å²) >= 11 is -0.0174. The summed E-state index contributed by atoms with van der Waals surface area (Å²) in [5, 5.41) is 8.92. The van der Waals surface area contributed by atoms with E-state index in [4.69, 9.17) is 9.81 Å². The molecule has 0 aliphatic carbocycles. The van der Waals surface area contributed by atoms with E-state index in [1.54, 1.807) is 0 Å². The van der Waals surface area contributed by atoms with Crippen molar-refractivity contribution in [1.29, 1.82) is 5.26 Å². The quantitative estimate of drug-likeness (QED) is 0.344. The Morgan fingerprint density at radius 1 is 1.67 bits per heavy atom. The highest BCUT2D eigenvalue weighted by atomic mass is 32.3. The molecule has 0 radical (unpaired) electrons. The van der Waals surface area contributed by atoms with E-state index in [9.17, 15) is 8.42 Å². The van der Waals surface area contributed by atoms with Gasteiger partial charge in [-0.2, -0.15) is 17.3 Å². The fourth-order valence-corrected chi connectivity index (χ4v) is 0.524. The third-order valence-electron chi connectivity index (χ3n) is 0.157. The molecule has 0 saturated heterocycles. The number of hydrogen-bond donors (Lipinski definition) is 2. The second-order valence-corrected chi connectivity index (χ2v) is 2.42. The second kappa shape index (κ2) is 4.54. The van der Waals surface area contributed by atoms with Gasteiger partial charge < -0.3 is 6.15 Å². The van der Waals surface area contributed by atoms with Gasteiger partial charge in [-0.15, -0.1) is 0 Å². The van der Waals surface area contributed by atoms with Crippen LogP contribution < -0.4 is 6.15 Å². The lowest BCUT2D eigenvalue weighted by Crippen LogP contribution is -1.95. The molecule has 0 aliphatic heterocycles. The Morgan fingerprint density at radius 3 is 2.22 bits per heavy atom. The fourth-order valence-electron chi connectivity index (χ4n) is 0.0582. The Labute approximate surface area is 56.6 Å². The first-order valence-electron chi connectivity index (χ1n) is 1.28. The smallest absolute Gasteiger partial charge is 0.344 e. The van der Waals surface area contributed by atoms with Gasteiger partial charge in [-0.3, -0.25) is 4.55 Å². The van der Waals surface area contributed by atoms with Crippen molar-refractivity contribution in [3.8, 4) is 5.40 Å². The molecule has 0 unspecified atom stereocenters. The average Bonchev–Trinajstić information content (AvgIpc) is 1.59. The molecule has 0 aromatic rings. The highest BCUT2D eigenvalue weighted by Gasteiger charge is 2.02. The zero-order valence-electron chi connectivity index (χ0n) is 4.14. The molecule has 0 aliphatic rings. The molecule has 0 fully saturated rings. The van der Waals surface area contributed by atoms with Crippen LogP contribution in [0.5, 0.6) is 0 Å². The molecule has 0 saturated carbocycles. The van der Waals surface area contributed by atoms with E-state index < -0.39 is 10.4 Å². The summed E-state index contributed by atoms with van der Waals surface area (Å²) in [6, 6.07) is 0. The molecule has 4 N–H and O–H groups in total. The number of hydrogen-bond acceptors (Lipinski definition) is 6. The minimum atomic E-state index is -4.45. The number of nitriles is 1. The number of rotatable bonds is 2. The monoisotopic (exact) mass is 172 g/mol. The molecule has 0 aromatic carbocycles.